The van der Waals surface area contributed by atoms with Gasteiger partial charge < -0.3 is 20.6 Å². The summed E-state index contributed by atoms with van der Waals surface area (Å²) in [5.74, 6) is -1.79. The number of hydrogen-bond acceptors (Lipinski definition) is 5. The second kappa shape index (κ2) is 9.62. The molecule has 2 bridgehead atoms. The van der Waals surface area contributed by atoms with Crippen molar-refractivity contribution in [1.29, 1.82) is 0 Å². The summed E-state index contributed by atoms with van der Waals surface area (Å²) < 4.78 is -0.753. The summed E-state index contributed by atoms with van der Waals surface area (Å²) in [4.78, 5) is 43.1. The smallest absolute Gasteiger partial charge is 0.244 e. The fraction of sp³-hybridized carbons (Fsp3) is 0.667. The van der Waals surface area contributed by atoms with Gasteiger partial charge in [-0.05, 0) is 37.7 Å². The third-order valence-electron chi connectivity index (χ3n) is 7.65. The van der Waals surface area contributed by atoms with Gasteiger partial charge >= 0.3 is 0 Å². The van der Waals surface area contributed by atoms with E-state index in [1.54, 1.807) is 23.7 Å². The van der Waals surface area contributed by atoms with Gasteiger partial charge in [0.15, 0.2) is 0 Å². The SMILES string of the molecule is CNC(=O)[C@H]1[C@@H]2SC3(CC2Br)C(C(=O)NC(C)(C)CC(C)(C)C)N([C@H](CO)c2ccccc2)C(=O)[C@H]13. The molecule has 1 aromatic rings. The van der Waals surface area contributed by atoms with Gasteiger partial charge in [-0.3, -0.25) is 14.4 Å². The standard InChI is InChI=1S/C27H38BrN3O4S/c1-25(2,3)14-26(4,5)30-23(34)21-27-12-16(28)20(36-27)18(22(33)29-6)19(27)24(35)31(21)17(13-32)15-10-8-7-9-11-15/h7-11,16-21,32H,12-14H2,1-6H3,(H,29,33)(H,30,34)/t16?,17-,18-,19+,20-,21?,27?/m1/s1. The third-order valence-corrected chi connectivity index (χ3v) is 10.9. The van der Waals surface area contributed by atoms with Gasteiger partial charge in [0.2, 0.25) is 17.7 Å². The van der Waals surface area contributed by atoms with Crippen molar-refractivity contribution < 1.29 is 19.5 Å². The molecule has 7 atom stereocenters. The molecule has 7 nitrogen and oxygen atoms in total. The normalized spacial score (nSPS) is 32.4. The lowest BCUT2D eigenvalue weighted by Crippen LogP contribution is -2.59. The molecule has 198 valence electrons. The van der Waals surface area contributed by atoms with E-state index in [4.69, 9.17) is 0 Å². The number of carbonyl (C=O) groups is 3. The minimum Gasteiger partial charge on any atom is -0.394 e. The third kappa shape index (κ3) is 4.60. The fourth-order valence-electron chi connectivity index (χ4n) is 6.97. The van der Waals surface area contributed by atoms with E-state index < -0.39 is 34.2 Å². The topological polar surface area (TPSA) is 98.7 Å². The lowest BCUT2D eigenvalue weighted by molar-refractivity contribution is -0.143. The Morgan fingerprint density at radius 1 is 1.19 bits per heavy atom. The molecule has 9 heteroatoms. The Balaban J connectivity index is 1.81. The zero-order valence-electron chi connectivity index (χ0n) is 21.9. The van der Waals surface area contributed by atoms with Crippen LogP contribution in [0.2, 0.25) is 0 Å². The Labute approximate surface area is 226 Å². The summed E-state index contributed by atoms with van der Waals surface area (Å²) in [5.41, 5.74) is 0.254. The number of aliphatic hydroxyl groups excluding tert-OH is 1. The van der Waals surface area contributed by atoms with E-state index in [9.17, 15) is 19.5 Å². The zero-order valence-corrected chi connectivity index (χ0v) is 24.3. The minimum absolute atomic E-state index is 0.00766. The predicted octanol–water partition coefficient (Wildman–Crippen LogP) is 3.26. The zero-order chi connectivity index (χ0) is 26.6. The second-order valence-electron chi connectivity index (χ2n) is 12.2. The molecule has 0 saturated carbocycles. The van der Waals surface area contributed by atoms with Crippen LogP contribution in [0.1, 0.15) is 59.1 Å². The number of amides is 3. The number of carbonyl (C=O) groups excluding carboxylic acids is 3. The molecule has 0 radical (unpaired) electrons. The van der Waals surface area contributed by atoms with E-state index in [2.05, 4.69) is 47.3 Å². The first kappa shape index (κ1) is 27.5. The average molecular weight is 581 g/mol. The molecule has 1 aromatic carbocycles. The summed E-state index contributed by atoms with van der Waals surface area (Å²) >= 11 is 5.37. The van der Waals surface area contributed by atoms with Gasteiger partial charge in [-0.2, -0.15) is 0 Å². The number of fused-ring (bicyclic) bond motifs is 1. The van der Waals surface area contributed by atoms with Crippen LogP contribution in [-0.4, -0.2) is 67.8 Å². The van der Waals surface area contributed by atoms with Crippen molar-refractivity contribution >= 4 is 45.4 Å². The molecule has 4 rings (SSSR count). The molecule has 3 unspecified atom stereocenters. The lowest BCUT2D eigenvalue weighted by Gasteiger charge is -2.40. The number of thioether (sulfide) groups is 1. The van der Waals surface area contributed by atoms with E-state index in [1.165, 1.54) is 0 Å². The van der Waals surface area contributed by atoms with Gasteiger partial charge in [-0.25, -0.2) is 0 Å². The highest BCUT2D eigenvalue weighted by molar-refractivity contribution is 9.09. The van der Waals surface area contributed by atoms with E-state index in [-0.39, 0.29) is 39.8 Å². The van der Waals surface area contributed by atoms with Crippen molar-refractivity contribution in [1.82, 2.24) is 15.5 Å². The number of nitrogens with one attached hydrogen (secondary N) is 2. The van der Waals surface area contributed by atoms with Gasteiger partial charge in [0.25, 0.3) is 0 Å². The number of aliphatic hydroxyl groups is 1. The first-order valence-corrected chi connectivity index (χ1v) is 14.4. The number of rotatable bonds is 7. The number of nitrogens with zero attached hydrogens (tertiary/aromatic N) is 1. The average Bonchev–Trinajstić information content (AvgIpc) is 3.36. The van der Waals surface area contributed by atoms with Gasteiger partial charge in [-0.1, -0.05) is 67.0 Å². The Morgan fingerprint density at radius 3 is 2.39 bits per heavy atom. The molecule has 36 heavy (non-hydrogen) atoms. The summed E-state index contributed by atoms with van der Waals surface area (Å²) in [6.07, 6.45) is 1.36. The quantitative estimate of drug-likeness (QED) is 0.431. The molecule has 3 heterocycles. The number of hydrogen-bond donors (Lipinski definition) is 3. The van der Waals surface area contributed by atoms with Gasteiger partial charge in [0, 0.05) is 22.7 Å². The maximum absolute atomic E-state index is 14.2. The Kier molecular flexibility index (Phi) is 7.34. The second-order valence-corrected chi connectivity index (χ2v) is 15.0. The minimum atomic E-state index is -0.809. The van der Waals surface area contributed by atoms with Gasteiger partial charge in [0.05, 0.1) is 29.2 Å². The Hall–Kier alpha value is -1.58. The summed E-state index contributed by atoms with van der Waals surface area (Å²) in [5, 5.41) is 16.4. The highest BCUT2D eigenvalue weighted by Crippen LogP contribution is 2.68. The summed E-state index contributed by atoms with van der Waals surface area (Å²) in [6.45, 7) is 10.1. The van der Waals surface area contributed by atoms with E-state index >= 15 is 0 Å². The van der Waals surface area contributed by atoms with Crippen molar-refractivity contribution in [3.63, 3.8) is 0 Å². The van der Waals surface area contributed by atoms with Crippen molar-refractivity contribution in [2.45, 2.75) is 79.9 Å². The van der Waals surface area contributed by atoms with E-state index in [0.717, 1.165) is 12.0 Å². The highest BCUT2D eigenvalue weighted by Gasteiger charge is 2.76. The van der Waals surface area contributed by atoms with Crippen LogP contribution in [0.25, 0.3) is 0 Å². The molecule has 3 N–H and O–H groups in total. The molecule has 3 aliphatic heterocycles. The maximum Gasteiger partial charge on any atom is 0.244 e. The molecule has 3 amide bonds. The van der Waals surface area contributed by atoms with Crippen LogP contribution in [0.4, 0.5) is 0 Å². The molecule has 0 aromatic heterocycles. The van der Waals surface area contributed by atoms with Gasteiger partial charge in [-0.15, -0.1) is 11.8 Å². The first-order valence-electron chi connectivity index (χ1n) is 12.6. The van der Waals surface area contributed by atoms with E-state index in [1.807, 2.05) is 44.2 Å². The lowest BCUT2D eigenvalue weighted by atomic mass is 9.70. The number of halogens is 1. The molecule has 0 aliphatic carbocycles. The molecular formula is C27H38BrN3O4S. The van der Waals surface area contributed by atoms with Crippen molar-refractivity contribution in [3.05, 3.63) is 35.9 Å². The molecule has 3 saturated heterocycles. The van der Waals surface area contributed by atoms with Crippen LogP contribution in [0.5, 0.6) is 0 Å². The number of benzene rings is 1. The fourth-order valence-corrected chi connectivity index (χ4v) is 10.6. The summed E-state index contributed by atoms with van der Waals surface area (Å²) in [6, 6.07) is 7.85. The van der Waals surface area contributed by atoms with Crippen LogP contribution in [0.15, 0.2) is 30.3 Å². The highest BCUT2D eigenvalue weighted by atomic mass is 79.9. The van der Waals surface area contributed by atoms with Crippen molar-refractivity contribution in [2.75, 3.05) is 13.7 Å². The van der Waals surface area contributed by atoms with E-state index in [0.29, 0.717) is 6.42 Å². The largest absolute Gasteiger partial charge is 0.394 e. The summed E-state index contributed by atoms with van der Waals surface area (Å²) in [7, 11) is 1.59. The molecule has 3 fully saturated rings. The molecular weight excluding hydrogens is 542 g/mol. The monoisotopic (exact) mass is 579 g/mol. The number of alkyl halides is 1. The van der Waals surface area contributed by atoms with Crippen LogP contribution in [0.3, 0.4) is 0 Å². The van der Waals surface area contributed by atoms with Crippen molar-refractivity contribution in [2.24, 2.45) is 17.3 Å². The van der Waals surface area contributed by atoms with Crippen LogP contribution >= 0.6 is 27.7 Å². The van der Waals surface area contributed by atoms with Crippen molar-refractivity contribution in [3.8, 4) is 0 Å². The van der Waals surface area contributed by atoms with Gasteiger partial charge in [0.1, 0.15) is 6.04 Å². The first-order chi connectivity index (χ1) is 16.8. The Morgan fingerprint density at radius 2 is 1.83 bits per heavy atom. The van der Waals surface area contributed by atoms with Crippen LogP contribution < -0.4 is 10.6 Å². The maximum atomic E-state index is 14.2. The predicted molar refractivity (Wildman–Crippen MR) is 146 cm³/mol. The Bertz CT molecular complexity index is 1030. The number of likely N-dealkylation sites (tertiary alicyclic amines) is 1. The molecule has 1 spiro atoms. The molecule has 3 aliphatic rings. The van der Waals surface area contributed by atoms with Crippen LogP contribution in [-0.2, 0) is 14.4 Å². The van der Waals surface area contributed by atoms with Crippen LogP contribution in [0, 0.1) is 17.3 Å².